The van der Waals surface area contributed by atoms with E-state index in [1.54, 1.807) is 0 Å². The third-order valence-electron chi connectivity index (χ3n) is 12.9. The molecule has 0 saturated heterocycles. The monoisotopic (exact) mass is 1150 g/mol. The molecule has 0 amide bonds. The first-order chi connectivity index (χ1) is 40.6. The van der Waals surface area contributed by atoms with Gasteiger partial charge in [0.2, 0.25) is 0 Å². The molecule has 83 heavy (non-hydrogen) atoms. The summed E-state index contributed by atoms with van der Waals surface area (Å²) in [4.78, 5) is 37.4. The van der Waals surface area contributed by atoms with Crippen LogP contribution in [0.15, 0.2) is 170 Å². The summed E-state index contributed by atoms with van der Waals surface area (Å²) in [6.07, 6.45) is 91.2. The largest absolute Gasteiger partial charge is 0.545 e. The van der Waals surface area contributed by atoms with Crippen LogP contribution in [0.5, 0.6) is 0 Å². The second-order valence-electron chi connectivity index (χ2n) is 22.0. The van der Waals surface area contributed by atoms with E-state index >= 15 is 0 Å². The van der Waals surface area contributed by atoms with E-state index in [2.05, 4.69) is 184 Å². The maximum Gasteiger partial charge on any atom is 0.306 e. The van der Waals surface area contributed by atoms with Gasteiger partial charge in [0.05, 0.1) is 40.3 Å². The van der Waals surface area contributed by atoms with Crippen molar-refractivity contribution >= 4 is 17.9 Å². The Morgan fingerprint density at radius 1 is 0.373 bits per heavy atom. The van der Waals surface area contributed by atoms with Crippen LogP contribution in [0.3, 0.4) is 0 Å². The molecule has 9 nitrogen and oxygen atoms in total. The standard InChI is InChI=1S/C74H117NO8/c1-6-8-10-12-14-16-18-20-22-24-26-27-28-29-30-31-32-33-34-35-36-37-38-39-40-41-42-43-44-45-47-49-51-53-55-57-59-61-63-65-72(77)83-70(69-82-74(73(78)79)80-67-66-75(3,4)5)68-81-71(76)64-62-60-58-56-54-52-50-48-46-25-23-21-19-17-15-13-11-9-7-2/h8,10,14-17,20-23,26-27,29-30,32-33,35-36,38-39,41-42,44-46,48-49,51,70,74H,6-7,9,11-13,18-19,24-25,28,31,34,37,40,43,47,50,52-69H2,1-5H3/b10-8-,16-14-,17-15-,22-20-,23-21-,27-26-,30-29-,33-32-,36-35-,39-38-,42-41-,45-44-,48-46-,51-49-. The molecule has 0 aliphatic rings. The molecule has 0 aromatic carbocycles. The van der Waals surface area contributed by atoms with E-state index in [1.165, 1.54) is 25.7 Å². The smallest absolute Gasteiger partial charge is 0.306 e. The molecule has 0 rings (SSSR count). The number of likely N-dealkylation sites (N-methyl/N-ethyl adjacent to an activating group) is 1. The molecule has 2 unspecified atom stereocenters. The lowest BCUT2D eigenvalue weighted by Crippen LogP contribution is -2.44. The fraction of sp³-hybridized carbons (Fsp3) is 0.581. The Morgan fingerprint density at radius 2 is 0.687 bits per heavy atom. The van der Waals surface area contributed by atoms with Crippen LogP contribution in [0.1, 0.15) is 219 Å². The average molecular weight is 1150 g/mol. The number of quaternary nitrogens is 1. The zero-order chi connectivity index (χ0) is 60.5. The molecule has 0 aromatic rings. The van der Waals surface area contributed by atoms with Crippen LogP contribution in [0, 0.1) is 0 Å². The van der Waals surface area contributed by atoms with E-state index in [9.17, 15) is 19.5 Å². The molecule has 0 aromatic heterocycles. The van der Waals surface area contributed by atoms with E-state index in [-0.39, 0.29) is 38.6 Å². The molecule has 9 heteroatoms. The van der Waals surface area contributed by atoms with Crippen LogP contribution in [0.25, 0.3) is 0 Å². The van der Waals surface area contributed by atoms with Gasteiger partial charge in [-0.15, -0.1) is 0 Å². The number of carboxylic acids is 1. The second-order valence-corrected chi connectivity index (χ2v) is 22.0. The van der Waals surface area contributed by atoms with Gasteiger partial charge in [0.1, 0.15) is 13.2 Å². The zero-order valence-electron chi connectivity index (χ0n) is 53.0. The van der Waals surface area contributed by atoms with Crippen molar-refractivity contribution in [1.29, 1.82) is 0 Å². The fourth-order valence-electron chi connectivity index (χ4n) is 8.02. The van der Waals surface area contributed by atoms with Crippen molar-refractivity contribution in [3.05, 3.63) is 170 Å². The summed E-state index contributed by atoms with van der Waals surface area (Å²) in [5, 5.41) is 11.8. The first kappa shape index (κ1) is 77.7. The number of carbonyl (C=O) groups is 3. The molecule has 0 saturated carbocycles. The Hall–Kier alpha value is -5.35. The summed E-state index contributed by atoms with van der Waals surface area (Å²) in [5.41, 5.74) is 0. The summed E-state index contributed by atoms with van der Waals surface area (Å²) in [7, 11) is 5.90. The van der Waals surface area contributed by atoms with Crippen molar-refractivity contribution in [1.82, 2.24) is 0 Å². The number of rotatable bonds is 57. The number of unbranched alkanes of at least 4 members (excludes halogenated alkanes) is 14. The minimum atomic E-state index is -1.64. The molecule has 0 aliphatic heterocycles. The van der Waals surface area contributed by atoms with Gasteiger partial charge in [-0.1, -0.05) is 242 Å². The van der Waals surface area contributed by atoms with Crippen LogP contribution in [-0.2, 0) is 33.3 Å². The van der Waals surface area contributed by atoms with Crippen LogP contribution < -0.4 is 5.11 Å². The van der Waals surface area contributed by atoms with Gasteiger partial charge in [-0.2, -0.15) is 0 Å². The van der Waals surface area contributed by atoms with Crippen molar-refractivity contribution in [3.63, 3.8) is 0 Å². The van der Waals surface area contributed by atoms with E-state index in [1.807, 2.05) is 21.1 Å². The number of carbonyl (C=O) groups excluding carboxylic acids is 3. The minimum Gasteiger partial charge on any atom is -0.545 e. The maximum atomic E-state index is 12.9. The minimum absolute atomic E-state index is 0.132. The first-order valence-corrected chi connectivity index (χ1v) is 32.3. The van der Waals surface area contributed by atoms with Crippen LogP contribution in [-0.4, -0.2) is 82.3 Å². The number of carboxylic acid groups (broad SMARTS) is 1. The quantitative estimate of drug-likeness (QED) is 0.0195. The SMILES string of the molecule is CC/C=C\C/C=C\C/C=C\C/C=C\C/C=C\C/C=C\C/C=C\C/C=C\C/C=C\C/C=C\C/C=C\CCCCCCCC(=O)OC(COC(=O)CCCCCCCC/C=C\C/C=C\C/C=C\CCCCC)COC(OCC[N+](C)(C)C)C(=O)[O-]. The predicted molar refractivity (Wildman–Crippen MR) is 351 cm³/mol. The Morgan fingerprint density at radius 3 is 1.02 bits per heavy atom. The van der Waals surface area contributed by atoms with Crippen LogP contribution >= 0.6 is 0 Å². The van der Waals surface area contributed by atoms with Crippen molar-refractivity contribution in [3.8, 4) is 0 Å². The van der Waals surface area contributed by atoms with E-state index in [4.69, 9.17) is 18.9 Å². The highest BCUT2D eigenvalue weighted by atomic mass is 16.7. The lowest BCUT2D eigenvalue weighted by molar-refractivity contribution is -0.870. The van der Waals surface area contributed by atoms with Gasteiger partial charge >= 0.3 is 11.9 Å². The first-order valence-electron chi connectivity index (χ1n) is 32.3. The molecule has 0 spiro atoms. The number of aliphatic carboxylic acids is 1. The molecular weight excluding hydrogens is 1030 g/mol. The van der Waals surface area contributed by atoms with E-state index in [0.29, 0.717) is 23.9 Å². The molecular formula is C74H117NO8. The third-order valence-corrected chi connectivity index (χ3v) is 12.9. The topological polar surface area (TPSA) is 111 Å². The van der Waals surface area contributed by atoms with E-state index in [0.717, 1.165) is 154 Å². The molecule has 0 aliphatic carbocycles. The highest BCUT2D eigenvalue weighted by Crippen LogP contribution is 2.13. The van der Waals surface area contributed by atoms with Gasteiger partial charge in [-0.05, 0) is 135 Å². The lowest BCUT2D eigenvalue weighted by Gasteiger charge is -2.26. The number of hydrogen-bond donors (Lipinski definition) is 0. The molecule has 0 heterocycles. The molecule has 0 fully saturated rings. The highest BCUT2D eigenvalue weighted by molar-refractivity contribution is 5.70. The summed E-state index contributed by atoms with van der Waals surface area (Å²) in [5.74, 6) is -2.35. The molecule has 466 valence electrons. The van der Waals surface area contributed by atoms with Crippen LogP contribution in [0.4, 0.5) is 0 Å². The predicted octanol–water partition coefficient (Wildman–Crippen LogP) is 18.6. The summed E-state index contributed by atoms with van der Waals surface area (Å²) < 4.78 is 22.7. The fourth-order valence-corrected chi connectivity index (χ4v) is 8.02. The van der Waals surface area contributed by atoms with Crippen LogP contribution in [0.2, 0.25) is 0 Å². The number of hydrogen-bond acceptors (Lipinski definition) is 8. The van der Waals surface area contributed by atoms with Gasteiger partial charge in [-0.25, -0.2) is 0 Å². The molecule has 2 atom stereocenters. The normalized spacial score (nSPS) is 13.9. The third kappa shape index (κ3) is 64.1. The summed E-state index contributed by atoms with van der Waals surface area (Å²) >= 11 is 0. The van der Waals surface area contributed by atoms with Gasteiger partial charge < -0.3 is 33.3 Å². The Labute approximate surface area is 507 Å². The van der Waals surface area contributed by atoms with Crippen molar-refractivity contribution in [2.45, 2.75) is 232 Å². The Balaban J connectivity index is 4.28. The number of allylic oxidation sites excluding steroid dienone is 28. The Kier molecular flexibility index (Phi) is 58.6. The van der Waals surface area contributed by atoms with Crippen molar-refractivity contribution in [2.24, 2.45) is 0 Å². The maximum absolute atomic E-state index is 12.9. The van der Waals surface area contributed by atoms with Crippen molar-refractivity contribution < 1.29 is 42.9 Å². The number of esters is 2. The molecule has 0 radical (unpaired) electrons. The van der Waals surface area contributed by atoms with Gasteiger partial charge in [0.25, 0.3) is 0 Å². The number of ether oxygens (including phenoxy) is 4. The second kappa shape index (κ2) is 62.7. The lowest BCUT2D eigenvalue weighted by atomic mass is 10.1. The van der Waals surface area contributed by atoms with Crippen molar-refractivity contribution in [2.75, 3.05) is 47.5 Å². The molecule has 0 N–H and O–H groups in total. The zero-order valence-corrected chi connectivity index (χ0v) is 53.0. The molecule has 0 bridgehead atoms. The average Bonchev–Trinajstić information content (AvgIpc) is 3.46. The van der Waals surface area contributed by atoms with Gasteiger partial charge in [0.15, 0.2) is 12.4 Å². The van der Waals surface area contributed by atoms with E-state index < -0.39 is 24.3 Å². The highest BCUT2D eigenvalue weighted by Gasteiger charge is 2.22. The Bertz CT molecular complexity index is 1960. The summed E-state index contributed by atoms with van der Waals surface area (Å²) in [6.45, 7) is 4.54. The summed E-state index contributed by atoms with van der Waals surface area (Å²) in [6, 6.07) is 0. The van der Waals surface area contributed by atoms with Gasteiger partial charge in [-0.3, -0.25) is 9.59 Å². The number of nitrogens with zero attached hydrogens (tertiary/aromatic N) is 1. The van der Waals surface area contributed by atoms with Gasteiger partial charge in [0, 0.05) is 12.8 Å².